The Bertz CT molecular complexity index is 1230. The van der Waals surface area contributed by atoms with Gasteiger partial charge in [-0.1, -0.05) is 30.9 Å². The average molecular weight is 616 g/mol. The lowest BCUT2D eigenvalue weighted by Crippen LogP contribution is -2.62. The molecule has 3 N–H and O–H groups in total. The molecule has 14 heteroatoms. The summed E-state index contributed by atoms with van der Waals surface area (Å²) in [4.78, 5) is 75.8. The molecular formula is C30H41N5O9. The number of carbonyl (C=O) groups excluding carboxylic acids is 5. The van der Waals surface area contributed by atoms with Crippen LogP contribution in [0.2, 0.25) is 0 Å². The van der Waals surface area contributed by atoms with E-state index in [2.05, 4.69) is 22.2 Å². The van der Waals surface area contributed by atoms with Crippen LogP contribution in [0.3, 0.4) is 0 Å². The normalized spacial score (nSPS) is 19.0. The highest BCUT2D eigenvalue weighted by Crippen LogP contribution is 2.25. The second kappa shape index (κ2) is 16.8. The zero-order valence-electron chi connectivity index (χ0n) is 25.5. The predicted octanol–water partition coefficient (Wildman–Crippen LogP) is 2.10. The van der Waals surface area contributed by atoms with Gasteiger partial charge >= 0.3 is 18.0 Å². The van der Waals surface area contributed by atoms with Crippen molar-refractivity contribution in [2.45, 2.75) is 76.6 Å². The number of aliphatic carboxylic acids is 1. The Morgan fingerprint density at radius 3 is 2.43 bits per heavy atom. The van der Waals surface area contributed by atoms with E-state index >= 15 is 0 Å². The van der Waals surface area contributed by atoms with E-state index < -0.39 is 53.6 Å². The highest BCUT2D eigenvalue weighted by Gasteiger charge is 2.44. The van der Waals surface area contributed by atoms with Crippen molar-refractivity contribution < 1.29 is 43.3 Å². The number of alkyl carbamates (subject to hydrolysis) is 1. The fourth-order valence-corrected chi connectivity index (χ4v) is 4.43. The minimum absolute atomic E-state index is 0.00218. The van der Waals surface area contributed by atoms with Crippen molar-refractivity contribution in [3.63, 3.8) is 0 Å². The summed E-state index contributed by atoms with van der Waals surface area (Å²) in [5, 5.41) is 16.8. The van der Waals surface area contributed by atoms with Gasteiger partial charge in [0.15, 0.2) is 6.04 Å². The molecule has 2 aliphatic rings. The third-order valence-corrected chi connectivity index (χ3v) is 6.26. The quantitative estimate of drug-likeness (QED) is 0.213. The molecule has 2 heterocycles. The first kappa shape index (κ1) is 35.4. The van der Waals surface area contributed by atoms with Crippen LogP contribution in [-0.2, 0) is 28.7 Å². The van der Waals surface area contributed by atoms with Crippen LogP contribution in [0.5, 0.6) is 0 Å². The van der Waals surface area contributed by atoms with Crippen LogP contribution in [0.1, 0.15) is 63.2 Å². The van der Waals surface area contributed by atoms with Crippen molar-refractivity contribution in [2.75, 3.05) is 20.2 Å². The Morgan fingerprint density at radius 1 is 1.16 bits per heavy atom. The summed E-state index contributed by atoms with van der Waals surface area (Å²) < 4.78 is 9.94. The van der Waals surface area contributed by atoms with E-state index in [1.807, 2.05) is 0 Å². The van der Waals surface area contributed by atoms with Crippen molar-refractivity contribution in [1.82, 2.24) is 20.7 Å². The van der Waals surface area contributed by atoms with E-state index in [1.54, 1.807) is 58.2 Å². The van der Waals surface area contributed by atoms with Crippen molar-refractivity contribution in [3.05, 3.63) is 48.6 Å². The smallest absolute Gasteiger partial charge is 0.407 e. The van der Waals surface area contributed by atoms with E-state index in [0.717, 1.165) is 5.01 Å². The summed E-state index contributed by atoms with van der Waals surface area (Å²) >= 11 is 0. The lowest BCUT2D eigenvalue weighted by atomic mass is 10.1. The number of rotatable bonds is 9. The molecule has 2 fully saturated rings. The number of ether oxygens (including phenoxy) is 2. The molecule has 2 saturated heterocycles. The average Bonchev–Trinajstić information content (AvgIpc) is 3.08. The molecule has 0 bridgehead atoms. The zero-order valence-corrected chi connectivity index (χ0v) is 25.5. The number of amides is 4. The highest BCUT2D eigenvalue weighted by molar-refractivity contribution is 5.99. The number of hydrazine groups is 1. The molecule has 0 unspecified atom stereocenters. The van der Waals surface area contributed by atoms with E-state index in [0.29, 0.717) is 18.5 Å². The molecule has 240 valence electrons. The molecule has 0 saturated carbocycles. The Balaban J connectivity index is 0.000000321. The Morgan fingerprint density at radius 2 is 1.84 bits per heavy atom. The lowest BCUT2D eigenvalue weighted by molar-refractivity contribution is -0.180. The fraction of sp³-hybridized carbons (Fsp3) is 0.500. The van der Waals surface area contributed by atoms with Gasteiger partial charge in [-0.05, 0) is 52.2 Å². The van der Waals surface area contributed by atoms with Gasteiger partial charge in [-0.3, -0.25) is 29.2 Å². The van der Waals surface area contributed by atoms with Crippen LogP contribution in [-0.4, -0.2) is 101 Å². The topological polar surface area (TPSA) is 184 Å². The van der Waals surface area contributed by atoms with Gasteiger partial charge in [0.25, 0.3) is 11.8 Å². The number of benzene rings is 1. The third kappa shape index (κ3) is 11.2. The van der Waals surface area contributed by atoms with Crippen molar-refractivity contribution in [3.8, 4) is 0 Å². The SMILES string of the molecule is C=CCOC(=O)N[C@H](C=NC)CC(=O)OC(C)(C)C.O=C(N[C@H]1CCC(=O)N2CCC[C@@H](C(=O)O)N2C1=O)c1ccccc1. The summed E-state index contributed by atoms with van der Waals surface area (Å²) in [7, 11) is 1.55. The summed E-state index contributed by atoms with van der Waals surface area (Å²) in [6, 6.07) is 5.86. The molecule has 44 heavy (non-hydrogen) atoms. The number of carbonyl (C=O) groups is 6. The second-order valence-corrected chi connectivity index (χ2v) is 11.0. The number of aliphatic imine (C=N–C) groups is 1. The highest BCUT2D eigenvalue weighted by atomic mass is 16.6. The molecule has 0 aromatic heterocycles. The summed E-state index contributed by atoms with van der Waals surface area (Å²) in [6.07, 6.45) is 3.31. The maximum absolute atomic E-state index is 12.9. The number of carboxylic acid groups (broad SMARTS) is 1. The first-order valence-electron chi connectivity index (χ1n) is 14.2. The number of fused-ring (bicyclic) bond motifs is 1. The van der Waals surface area contributed by atoms with Crippen LogP contribution in [0.15, 0.2) is 48.0 Å². The molecular weight excluding hydrogens is 574 g/mol. The Hall–Kier alpha value is -4.75. The number of hydrogen-bond donors (Lipinski definition) is 3. The molecule has 0 radical (unpaired) electrons. The standard InChI is InChI=1S/C17H19N3O5.C13H22N2O4/c21-14-9-8-12(18-15(22)11-5-2-1-3-6-11)16(23)20-13(17(24)25)7-4-10-19(14)20;1-6-7-18-12(17)15-10(9-14-5)8-11(16)19-13(2,3)4/h1-3,5-6,12-13H,4,7-10H2,(H,18,22)(H,24,25);6,9-10H,1,7-8H2,2-5H3,(H,15,17)/t12-,13-;10-/m00/s1. The molecule has 0 aliphatic carbocycles. The molecule has 3 atom stereocenters. The minimum atomic E-state index is -1.15. The van der Waals surface area contributed by atoms with E-state index in [4.69, 9.17) is 9.47 Å². The Labute approximate surface area is 256 Å². The van der Waals surface area contributed by atoms with Crippen molar-refractivity contribution >= 4 is 42.0 Å². The third-order valence-electron chi connectivity index (χ3n) is 6.26. The second-order valence-electron chi connectivity index (χ2n) is 11.0. The van der Waals surface area contributed by atoms with Crippen molar-refractivity contribution in [1.29, 1.82) is 0 Å². The van der Waals surface area contributed by atoms with Crippen LogP contribution >= 0.6 is 0 Å². The number of nitrogens with zero attached hydrogens (tertiary/aromatic N) is 3. The molecule has 1 aromatic rings. The van der Waals surface area contributed by atoms with E-state index in [9.17, 15) is 33.9 Å². The van der Waals surface area contributed by atoms with Gasteiger partial charge in [-0.2, -0.15) is 0 Å². The number of hydrogen-bond acceptors (Lipinski definition) is 9. The van der Waals surface area contributed by atoms with Crippen LogP contribution in [0.4, 0.5) is 4.79 Å². The molecule has 0 spiro atoms. The summed E-state index contributed by atoms with van der Waals surface area (Å²) in [6.45, 7) is 9.18. The molecule has 14 nitrogen and oxygen atoms in total. The number of nitrogens with one attached hydrogen (secondary N) is 2. The van der Waals surface area contributed by atoms with E-state index in [-0.39, 0.29) is 38.2 Å². The van der Waals surface area contributed by atoms with Gasteiger partial charge in [-0.25, -0.2) is 14.6 Å². The molecule has 3 rings (SSSR count). The minimum Gasteiger partial charge on any atom is -0.480 e. The van der Waals surface area contributed by atoms with Gasteiger partial charge in [0.1, 0.15) is 18.2 Å². The van der Waals surface area contributed by atoms with Crippen molar-refractivity contribution in [2.24, 2.45) is 4.99 Å². The first-order chi connectivity index (χ1) is 20.8. The van der Waals surface area contributed by atoms with Gasteiger partial charge in [0.2, 0.25) is 5.91 Å². The van der Waals surface area contributed by atoms with Crippen LogP contribution < -0.4 is 10.6 Å². The van der Waals surface area contributed by atoms with Gasteiger partial charge in [0, 0.05) is 31.8 Å². The summed E-state index contributed by atoms with van der Waals surface area (Å²) in [5.74, 6) is -2.84. The van der Waals surface area contributed by atoms with E-state index in [1.165, 1.54) is 17.3 Å². The fourth-order valence-electron chi connectivity index (χ4n) is 4.43. The number of esters is 1. The largest absolute Gasteiger partial charge is 0.480 e. The lowest BCUT2D eigenvalue weighted by Gasteiger charge is -2.41. The number of carboxylic acids is 1. The molecule has 4 amide bonds. The van der Waals surface area contributed by atoms with Gasteiger partial charge in [-0.15, -0.1) is 0 Å². The molecule has 2 aliphatic heterocycles. The van der Waals surface area contributed by atoms with Crippen LogP contribution in [0, 0.1) is 0 Å². The summed E-state index contributed by atoms with van der Waals surface area (Å²) in [5.41, 5.74) is -0.162. The zero-order chi connectivity index (χ0) is 32.9. The first-order valence-corrected chi connectivity index (χ1v) is 14.2. The maximum atomic E-state index is 12.9. The van der Waals surface area contributed by atoms with Gasteiger partial charge in [0.05, 0.1) is 12.5 Å². The maximum Gasteiger partial charge on any atom is 0.407 e. The Kier molecular flexibility index (Phi) is 13.5. The predicted molar refractivity (Wildman–Crippen MR) is 159 cm³/mol. The van der Waals surface area contributed by atoms with Gasteiger partial charge < -0.3 is 25.2 Å². The monoisotopic (exact) mass is 615 g/mol. The molecule has 1 aromatic carbocycles. The van der Waals surface area contributed by atoms with Crippen LogP contribution in [0.25, 0.3) is 0 Å².